The smallest absolute Gasteiger partial charge is 0.296 e. The van der Waals surface area contributed by atoms with Gasteiger partial charge in [-0.3, -0.25) is 14.2 Å². The maximum atomic E-state index is 13.7. The molecule has 40 heavy (non-hydrogen) atoms. The van der Waals surface area contributed by atoms with Gasteiger partial charge in [-0.1, -0.05) is 12.1 Å². The number of nitrogens with one attached hydrogen (secondary N) is 2. The van der Waals surface area contributed by atoms with Gasteiger partial charge in [0.2, 0.25) is 11.7 Å². The summed E-state index contributed by atoms with van der Waals surface area (Å²) in [7, 11) is 0. The molecule has 3 aliphatic rings. The molecule has 1 fully saturated rings. The molecule has 0 spiro atoms. The monoisotopic (exact) mass is 546 g/mol. The van der Waals surface area contributed by atoms with Gasteiger partial charge in [-0.2, -0.15) is 5.10 Å². The number of carbonyl (C=O) groups is 1. The second-order valence-electron chi connectivity index (χ2n) is 11.4. The van der Waals surface area contributed by atoms with Crippen LogP contribution in [0.15, 0.2) is 41.8 Å². The Balaban J connectivity index is 1.38. The quantitative estimate of drug-likeness (QED) is 0.337. The normalized spacial score (nSPS) is 20.2. The lowest BCUT2D eigenvalue weighted by Gasteiger charge is -2.39. The van der Waals surface area contributed by atoms with Crippen molar-refractivity contribution in [3.05, 3.63) is 75.9 Å². The van der Waals surface area contributed by atoms with Crippen molar-refractivity contribution in [3.63, 3.8) is 0 Å². The van der Waals surface area contributed by atoms with Gasteiger partial charge in [0, 0.05) is 24.9 Å². The first-order chi connectivity index (χ1) is 19.1. The van der Waals surface area contributed by atoms with Crippen LogP contribution in [0, 0.1) is 18.7 Å². The Morgan fingerprint density at radius 3 is 2.77 bits per heavy atom. The van der Waals surface area contributed by atoms with Crippen LogP contribution in [0.4, 0.5) is 4.39 Å². The number of aromatic hydroxyl groups is 1. The Labute approximate surface area is 229 Å². The molecule has 5 heterocycles. The number of aromatic amines is 1. The van der Waals surface area contributed by atoms with Crippen molar-refractivity contribution in [1.82, 2.24) is 39.6 Å². The molecule has 1 amide bonds. The Morgan fingerprint density at radius 2 is 2.08 bits per heavy atom. The van der Waals surface area contributed by atoms with E-state index in [0.717, 1.165) is 24.1 Å². The van der Waals surface area contributed by atoms with E-state index in [0.29, 0.717) is 37.2 Å². The molecule has 2 bridgehead atoms. The number of imidazole rings is 1. The minimum Gasteiger partial charge on any atom is -0.501 e. The van der Waals surface area contributed by atoms with E-state index in [4.69, 9.17) is 4.98 Å². The standard InChI is InChI=1S/C28H31FN8O3/c1-16-10-18(4-5-20(16)29)11-19-12-31-23(33-19)21-22(38)24(39)36-13-17-6-8-28(9-7-17,25(36)34-21)35-26(40)27(2,3)37-15-30-14-32-37/h4-5,10,12,14-15,17,38H,6-9,11,13H2,1-3H3,(H,31,33)(H,35,40). The highest BCUT2D eigenvalue weighted by Gasteiger charge is 2.47. The van der Waals surface area contributed by atoms with Gasteiger partial charge < -0.3 is 15.4 Å². The molecule has 1 aromatic carbocycles. The molecular formula is C28H31FN8O3. The first-order valence-electron chi connectivity index (χ1n) is 13.4. The van der Waals surface area contributed by atoms with Gasteiger partial charge in [-0.15, -0.1) is 0 Å². The van der Waals surface area contributed by atoms with Crippen molar-refractivity contribution in [2.45, 2.75) is 70.5 Å². The van der Waals surface area contributed by atoms with E-state index in [-0.39, 0.29) is 29.2 Å². The Bertz CT molecular complexity index is 1650. The number of halogens is 1. The molecular weight excluding hydrogens is 515 g/mol. The van der Waals surface area contributed by atoms with Crippen LogP contribution in [-0.2, 0) is 28.8 Å². The largest absolute Gasteiger partial charge is 0.501 e. The lowest BCUT2D eigenvalue weighted by molar-refractivity contribution is -0.131. The van der Waals surface area contributed by atoms with Crippen molar-refractivity contribution in [3.8, 4) is 17.3 Å². The lowest BCUT2D eigenvalue weighted by Crippen LogP contribution is -2.55. The first-order valence-corrected chi connectivity index (χ1v) is 13.4. The van der Waals surface area contributed by atoms with Crippen LogP contribution in [0.5, 0.6) is 5.75 Å². The van der Waals surface area contributed by atoms with Gasteiger partial charge in [-0.05, 0) is 69.6 Å². The highest BCUT2D eigenvalue weighted by molar-refractivity contribution is 5.84. The second-order valence-corrected chi connectivity index (χ2v) is 11.4. The fraction of sp³-hybridized carbons (Fsp3) is 0.429. The molecule has 7 rings (SSSR count). The van der Waals surface area contributed by atoms with Crippen LogP contribution in [0.25, 0.3) is 11.5 Å². The summed E-state index contributed by atoms with van der Waals surface area (Å²) in [4.78, 5) is 43.5. The van der Waals surface area contributed by atoms with Gasteiger partial charge in [0.05, 0.1) is 5.54 Å². The van der Waals surface area contributed by atoms with Crippen molar-refractivity contribution >= 4 is 5.91 Å². The molecule has 0 radical (unpaired) electrons. The Kier molecular flexibility index (Phi) is 6.08. The minimum absolute atomic E-state index is 0.0345. The summed E-state index contributed by atoms with van der Waals surface area (Å²) >= 11 is 0. The fourth-order valence-corrected chi connectivity index (χ4v) is 5.84. The molecule has 11 nitrogen and oxygen atoms in total. The Morgan fingerprint density at radius 1 is 1.30 bits per heavy atom. The zero-order chi connectivity index (χ0) is 28.2. The van der Waals surface area contributed by atoms with Crippen LogP contribution >= 0.6 is 0 Å². The summed E-state index contributed by atoms with van der Waals surface area (Å²) in [5, 5.41) is 18.4. The molecule has 3 N–H and O–H groups in total. The number of H-pyrrole nitrogens is 1. The van der Waals surface area contributed by atoms with Gasteiger partial charge in [0.1, 0.15) is 29.8 Å². The van der Waals surface area contributed by atoms with Crippen LogP contribution in [0.3, 0.4) is 0 Å². The zero-order valence-corrected chi connectivity index (χ0v) is 22.6. The Hall–Kier alpha value is -4.35. The SMILES string of the molecule is Cc1cc(Cc2cnc(-c3nc4n(c(=O)c3O)CC3CCC4(NC(=O)C(C)(C)n4cncn4)CC3)[nH]2)ccc1F. The summed E-state index contributed by atoms with van der Waals surface area (Å²) in [6.07, 6.45) is 7.79. The van der Waals surface area contributed by atoms with Crippen LogP contribution in [-0.4, -0.2) is 45.3 Å². The van der Waals surface area contributed by atoms with Crippen molar-refractivity contribution in [2.75, 3.05) is 0 Å². The van der Waals surface area contributed by atoms with E-state index >= 15 is 0 Å². The van der Waals surface area contributed by atoms with Gasteiger partial charge >= 0.3 is 0 Å². The number of benzene rings is 1. The predicted molar refractivity (Wildman–Crippen MR) is 143 cm³/mol. The van der Waals surface area contributed by atoms with E-state index < -0.39 is 22.4 Å². The second kappa shape index (κ2) is 9.39. The number of hydrogen-bond acceptors (Lipinski definition) is 7. The minimum atomic E-state index is -1.03. The molecule has 0 saturated heterocycles. The number of nitrogens with zero attached hydrogens (tertiary/aromatic N) is 6. The summed E-state index contributed by atoms with van der Waals surface area (Å²) in [5.41, 5.74) is -0.303. The van der Waals surface area contributed by atoms with Gasteiger partial charge in [-0.25, -0.2) is 24.0 Å². The molecule has 1 saturated carbocycles. The van der Waals surface area contributed by atoms with E-state index in [1.54, 1.807) is 39.1 Å². The number of hydrogen-bond donors (Lipinski definition) is 3. The topological polar surface area (TPSA) is 144 Å². The summed E-state index contributed by atoms with van der Waals surface area (Å²) < 4.78 is 16.7. The number of aryl methyl sites for hydroxylation is 1. The fourth-order valence-electron chi connectivity index (χ4n) is 5.84. The number of carbonyl (C=O) groups excluding carboxylic acids is 1. The first kappa shape index (κ1) is 25.9. The summed E-state index contributed by atoms with van der Waals surface area (Å²) in [5.74, 6) is -0.131. The third kappa shape index (κ3) is 4.27. The summed E-state index contributed by atoms with van der Waals surface area (Å²) in [6, 6.07) is 4.90. The molecule has 208 valence electrons. The molecule has 0 atom stereocenters. The number of amides is 1. The third-order valence-electron chi connectivity index (χ3n) is 8.34. The van der Waals surface area contributed by atoms with E-state index in [2.05, 4.69) is 25.4 Å². The highest BCUT2D eigenvalue weighted by Crippen LogP contribution is 2.44. The van der Waals surface area contributed by atoms with E-state index in [1.165, 1.54) is 28.0 Å². The van der Waals surface area contributed by atoms with Crippen LogP contribution in [0.2, 0.25) is 0 Å². The maximum absolute atomic E-state index is 13.7. The van der Waals surface area contributed by atoms with E-state index in [1.807, 2.05) is 0 Å². The summed E-state index contributed by atoms with van der Waals surface area (Å²) in [6.45, 7) is 5.64. The maximum Gasteiger partial charge on any atom is 0.296 e. The number of aromatic nitrogens is 7. The average Bonchev–Trinajstić information content (AvgIpc) is 3.59. The van der Waals surface area contributed by atoms with Crippen molar-refractivity contribution in [2.24, 2.45) is 5.92 Å². The van der Waals surface area contributed by atoms with Gasteiger partial charge in [0.25, 0.3) is 5.56 Å². The zero-order valence-electron chi connectivity index (χ0n) is 22.6. The lowest BCUT2D eigenvalue weighted by atomic mass is 9.77. The van der Waals surface area contributed by atoms with Crippen molar-refractivity contribution < 1.29 is 14.3 Å². The third-order valence-corrected chi connectivity index (χ3v) is 8.34. The molecule has 1 aliphatic carbocycles. The number of fused-ring (bicyclic) bond motifs is 2. The van der Waals surface area contributed by atoms with Crippen molar-refractivity contribution in [1.29, 1.82) is 0 Å². The molecule has 4 aromatic rings. The average molecular weight is 547 g/mol. The van der Waals surface area contributed by atoms with Gasteiger partial charge in [0.15, 0.2) is 11.5 Å². The van der Waals surface area contributed by atoms with Crippen LogP contribution in [0.1, 0.15) is 62.2 Å². The molecule has 2 aliphatic heterocycles. The predicted octanol–water partition coefficient (Wildman–Crippen LogP) is 2.92. The molecule has 12 heteroatoms. The van der Waals surface area contributed by atoms with E-state index in [9.17, 15) is 19.1 Å². The number of rotatable bonds is 6. The highest BCUT2D eigenvalue weighted by atomic mass is 19.1. The molecule has 0 unspecified atom stereocenters. The van der Waals surface area contributed by atoms with Crippen LogP contribution < -0.4 is 10.9 Å². The molecule has 3 aromatic heterocycles.